The number of thiophene rings is 1. The minimum Gasteiger partial charge on any atom is -0.378 e. The van der Waals surface area contributed by atoms with Crippen LogP contribution in [0.1, 0.15) is 23.2 Å². The van der Waals surface area contributed by atoms with E-state index in [0.29, 0.717) is 29.1 Å². The Kier molecular flexibility index (Phi) is 5.67. The Bertz CT molecular complexity index is 830. The van der Waals surface area contributed by atoms with Crippen LogP contribution in [-0.2, 0) is 27.7 Å². The van der Waals surface area contributed by atoms with Gasteiger partial charge in [0.15, 0.2) is 0 Å². The fraction of sp³-hybridized carbons (Fsp3) is 0.500. The van der Waals surface area contributed by atoms with Crippen LogP contribution in [-0.4, -0.2) is 44.7 Å². The molecule has 0 amide bonds. The van der Waals surface area contributed by atoms with Crippen LogP contribution < -0.4 is 9.62 Å². The molecule has 0 radical (unpaired) electrons. The van der Waals surface area contributed by atoms with Crippen molar-refractivity contribution in [1.29, 1.82) is 0 Å². The molecule has 0 aromatic carbocycles. The Morgan fingerprint density at radius 2 is 2.04 bits per heavy atom. The van der Waals surface area contributed by atoms with Gasteiger partial charge in [0.1, 0.15) is 4.21 Å². The number of hydrogen-bond donors (Lipinski definition) is 1. The van der Waals surface area contributed by atoms with Crippen LogP contribution >= 0.6 is 11.3 Å². The molecule has 1 aliphatic heterocycles. The Balaban J connectivity index is 1.73. The lowest BCUT2D eigenvalue weighted by Gasteiger charge is -2.27. The molecule has 3 heterocycles. The molecule has 1 aliphatic rings. The summed E-state index contributed by atoms with van der Waals surface area (Å²) in [6.07, 6.45) is 0.828. The van der Waals surface area contributed by atoms with E-state index in [-0.39, 0.29) is 6.54 Å². The van der Waals surface area contributed by atoms with Gasteiger partial charge in [-0.1, -0.05) is 6.92 Å². The van der Waals surface area contributed by atoms with E-state index in [1.807, 2.05) is 19.9 Å². The first kappa shape index (κ1) is 18.2. The zero-order chi connectivity index (χ0) is 17.9. The van der Waals surface area contributed by atoms with Crippen molar-refractivity contribution in [3.05, 3.63) is 34.5 Å². The number of nitrogens with one attached hydrogen (secondary N) is 1. The maximum atomic E-state index is 12.4. The minimum atomic E-state index is -3.52. The van der Waals surface area contributed by atoms with Crippen LogP contribution in [0.4, 0.5) is 5.95 Å². The molecule has 0 spiro atoms. The third kappa shape index (κ3) is 4.55. The highest BCUT2D eigenvalue weighted by Gasteiger charge is 2.18. The van der Waals surface area contributed by atoms with Gasteiger partial charge in [-0.3, -0.25) is 0 Å². The number of sulfonamides is 1. The van der Waals surface area contributed by atoms with E-state index in [2.05, 4.69) is 19.6 Å². The standard InChI is InChI=1S/C16H22N4O3S2/c1-3-14-4-5-15(24-14)25(21,22)17-11-13-10-12(2)18-16(19-13)20-6-8-23-9-7-20/h4-5,10,17H,3,6-9,11H2,1-2H3. The Labute approximate surface area is 152 Å². The number of hydrogen-bond acceptors (Lipinski definition) is 7. The Morgan fingerprint density at radius 1 is 1.28 bits per heavy atom. The summed E-state index contributed by atoms with van der Waals surface area (Å²) in [7, 11) is -3.52. The van der Waals surface area contributed by atoms with Gasteiger partial charge >= 0.3 is 0 Å². The maximum absolute atomic E-state index is 12.4. The van der Waals surface area contributed by atoms with E-state index in [1.165, 1.54) is 11.3 Å². The first-order chi connectivity index (χ1) is 12.0. The second-order valence-electron chi connectivity index (χ2n) is 5.80. The fourth-order valence-electron chi connectivity index (χ4n) is 2.54. The molecule has 0 aliphatic carbocycles. The van der Waals surface area contributed by atoms with Crippen LogP contribution in [0.15, 0.2) is 22.4 Å². The predicted octanol–water partition coefficient (Wildman–Crippen LogP) is 1.72. The van der Waals surface area contributed by atoms with Gasteiger partial charge in [0, 0.05) is 23.7 Å². The number of morpholine rings is 1. The van der Waals surface area contributed by atoms with Crippen molar-refractivity contribution in [3.8, 4) is 0 Å². The normalized spacial score (nSPS) is 15.5. The van der Waals surface area contributed by atoms with E-state index in [9.17, 15) is 8.42 Å². The summed E-state index contributed by atoms with van der Waals surface area (Å²) < 4.78 is 33.2. The van der Waals surface area contributed by atoms with Crippen LogP contribution in [0.3, 0.4) is 0 Å². The number of aromatic nitrogens is 2. The molecule has 1 fully saturated rings. The summed E-state index contributed by atoms with van der Waals surface area (Å²) in [5.74, 6) is 0.627. The minimum absolute atomic E-state index is 0.141. The fourth-order valence-corrected chi connectivity index (χ4v) is 4.88. The molecule has 0 atom stereocenters. The van der Waals surface area contributed by atoms with E-state index >= 15 is 0 Å². The van der Waals surface area contributed by atoms with Crippen molar-refractivity contribution in [2.75, 3.05) is 31.2 Å². The zero-order valence-corrected chi connectivity index (χ0v) is 16.0. The van der Waals surface area contributed by atoms with Crippen LogP contribution in [0.5, 0.6) is 0 Å². The van der Waals surface area contributed by atoms with Crippen LogP contribution in [0.25, 0.3) is 0 Å². The van der Waals surface area contributed by atoms with E-state index in [0.717, 1.165) is 30.1 Å². The van der Waals surface area contributed by atoms with Crippen molar-refractivity contribution < 1.29 is 13.2 Å². The lowest BCUT2D eigenvalue weighted by atomic mass is 10.3. The first-order valence-electron chi connectivity index (χ1n) is 8.23. The molecule has 25 heavy (non-hydrogen) atoms. The Hall–Kier alpha value is -1.55. The van der Waals surface area contributed by atoms with Gasteiger partial charge in [-0.25, -0.2) is 23.1 Å². The second kappa shape index (κ2) is 7.77. The summed E-state index contributed by atoms with van der Waals surface area (Å²) in [6, 6.07) is 5.30. The Morgan fingerprint density at radius 3 is 2.72 bits per heavy atom. The number of ether oxygens (including phenoxy) is 1. The molecule has 1 N–H and O–H groups in total. The molecule has 0 unspecified atom stereocenters. The summed E-state index contributed by atoms with van der Waals surface area (Å²) in [4.78, 5) is 12.1. The molecule has 0 saturated carbocycles. The monoisotopic (exact) mass is 382 g/mol. The number of aryl methyl sites for hydroxylation is 2. The van der Waals surface area contributed by atoms with Crippen LogP contribution in [0.2, 0.25) is 0 Å². The summed E-state index contributed by atoms with van der Waals surface area (Å²) in [6.45, 7) is 6.81. The molecule has 0 bridgehead atoms. The van der Waals surface area contributed by atoms with Gasteiger partial charge in [-0.05, 0) is 31.5 Å². The van der Waals surface area contributed by atoms with Gasteiger partial charge in [0.2, 0.25) is 16.0 Å². The van der Waals surface area contributed by atoms with Gasteiger partial charge in [0.05, 0.1) is 25.5 Å². The largest absolute Gasteiger partial charge is 0.378 e. The summed E-state index contributed by atoms with van der Waals surface area (Å²) in [5.41, 5.74) is 1.47. The average Bonchev–Trinajstić information content (AvgIpc) is 3.11. The van der Waals surface area contributed by atoms with E-state index < -0.39 is 10.0 Å². The van der Waals surface area contributed by atoms with E-state index in [4.69, 9.17) is 4.74 Å². The third-order valence-corrected chi connectivity index (χ3v) is 7.01. The SMILES string of the molecule is CCc1ccc(S(=O)(=O)NCc2cc(C)nc(N3CCOCC3)n2)s1. The molecule has 136 valence electrons. The van der Waals surface area contributed by atoms with Crippen LogP contribution in [0, 0.1) is 6.92 Å². The molecular weight excluding hydrogens is 360 g/mol. The average molecular weight is 383 g/mol. The lowest BCUT2D eigenvalue weighted by Crippen LogP contribution is -2.37. The van der Waals surface area contributed by atoms with Crippen molar-refractivity contribution in [2.45, 2.75) is 31.0 Å². The number of anilines is 1. The van der Waals surface area contributed by atoms with Crippen molar-refractivity contribution in [1.82, 2.24) is 14.7 Å². The third-order valence-electron chi connectivity index (χ3n) is 3.88. The number of rotatable bonds is 6. The van der Waals surface area contributed by atoms with Gasteiger partial charge in [0.25, 0.3) is 0 Å². The highest BCUT2D eigenvalue weighted by atomic mass is 32.2. The second-order valence-corrected chi connectivity index (χ2v) is 8.96. The molecule has 3 rings (SSSR count). The molecule has 1 saturated heterocycles. The molecule has 7 nitrogen and oxygen atoms in total. The molecular formula is C16H22N4O3S2. The molecule has 2 aromatic heterocycles. The predicted molar refractivity (Wildman–Crippen MR) is 97.5 cm³/mol. The number of nitrogens with zero attached hydrogens (tertiary/aromatic N) is 3. The topological polar surface area (TPSA) is 84.4 Å². The van der Waals surface area contributed by atoms with Crippen molar-refractivity contribution >= 4 is 27.3 Å². The van der Waals surface area contributed by atoms with Crippen molar-refractivity contribution in [3.63, 3.8) is 0 Å². The van der Waals surface area contributed by atoms with Gasteiger partial charge < -0.3 is 9.64 Å². The zero-order valence-electron chi connectivity index (χ0n) is 14.4. The van der Waals surface area contributed by atoms with Gasteiger partial charge in [-0.2, -0.15) is 0 Å². The highest BCUT2D eigenvalue weighted by molar-refractivity contribution is 7.91. The lowest BCUT2D eigenvalue weighted by molar-refractivity contribution is 0.122. The smallest absolute Gasteiger partial charge is 0.250 e. The van der Waals surface area contributed by atoms with Crippen molar-refractivity contribution in [2.24, 2.45) is 0 Å². The molecule has 9 heteroatoms. The van der Waals surface area contributed by atoms with Gasteiger partial charge in [-0.15, -0.1) is 11.3 Å². The van der Waals surface area contributed by atoms with E-state index in [1.54, 1.807) is 12.1 Å². The molecule has 2 aromatic rings. The first-order valence-corrected chi connectivity index (χ1v) is 10.5. The maximum Gasteiger partial charge on any atom is 0.250 e. The highest BCUT2D eigenvalue weighted by Crippen LogP contribution is 2.22. The summed E-state index contributed by atoms with van der Waals surface area (Å²) in [5, 5.41) is 0. The quantitative estimate of drug-likeness (QED) is 0.819. The summed E-state index contributed by atoms with van der Waals surface area (Å²) >= 11 is 1.30.